The highest BCUT2D eigenvalue weighted by molar-refractivity contribution is 5.83. The first-order chi connectivity index (χ1) is 13.0. The molecular weight excluding hydrogens is 344 g/mol. The molecule has 0 radical (unpaired) electrons. The summed E-state index contributed by atoms with van der Waals surface area (Å²) in [6.07, 6.45) is 1.92. The van der Waals surface area contributed by atoms with Crippen molar-refractivity contribution in [3.8, 4) is 5.75 Å². The van der Waals surface area contributed by atoms with Crippen molar-refractivity contribution in [2.75, 3.05) is 6.61 Å². The lowest BCUT2D eigenvalue weighted by Gasteiger charge is -2.10. The topological polar surface area (TPSA) is 85.3 Å². The molecule has 0 saturated heterocycles. The zero-order valence-corrected chi connectivity index (χ0v) is 15.4. The number of rotatable bonds is 6. The van der Waals surface area contributed by atoms with E-state index in [1.165, 1.54) is 0 Å². The average molecular weight is 366 g/mol. The molecular formula is C20H22N4O3. The number of nitrogens with one attached hydrogen (secondary N) is 2. The second kappa shape index (κ2) is 8.35. The number of hydrogen-bond acceptors (Lipinski definition) is 4. The van der Waals surface area contributed by atoms with Gasteiger partial charge in [0.15, 0.2) is 6.61 Å². The summed E-state index contributed by atoms with van der Waals surface area (Å²) in [5, 5.41) is 0. The smallest absolute Gasteiger partial charge is 0.276 e. The Bertz CT molecular complexity index is 945. The Morgan fingerprint density at radius 2 is 1.74 bits per heavy atom. The van der Waals surface area contributed by atoms with E-state index in [0.29, 0.717) is 12.3 Å². The van der Waals surface area contributed by atoms with Gasteiger partial charge in [0.2, 0.25) is 5.91 Å². The molecule has 0 aliphatic carbocycles. The van der Waals surface area contributed by atoms with Crippen LogP contribution in [0.25, 0.3) is 11.0 Å². The molecule has 0 fully saturated rings. The van der Waals surface area contributed by atoms with E-state index in [-0.39, 0.29) is 18.9 Å². The van der Waals surface area contributed by atoms with Crippen LogP contribution in [-0.4, -0.2) is 28.0 Å². The summed E-state index contributed by atoms with van der Waals surface area (Å²) < 4.78 is 7.36. The van der Waals surface area contributed by atoms with Crippen molar-refractivity contribution >= 4 is 22.8 Å². The lowest BCUT2D eigenvalue weighted by atomic mass is 10.1. The van der Waals surface area contributed by atoms with Crippen LogP contribution >= 0.6 is 0 Å². The van der Waals surface area contributed by atoms with Crippen molar-refractivity contribution in [2.24, 2.45) is 0 Å². The van der Waals surface area contributed by atoms with Crippen molar-refractivity contribution in [1.82, 2.24) is 20.4 Å². The van der Waals surface area contributed by atoms with Gasteiger partial charge >= 0.3 is 0 Å². The van der Waals surface area contributed by atoms with Crippen LogP contribution in [0.2, 0.25) is 0 Å². The van der Waals surface area contributed by atoms with Gasteiger partial charge in [0.1, 0.15) is 5.75 Å². The van der Waals surface area contributed by atoms with E-state index in [1.54, 1.807) is 6.33 Å². The molecule has 2 aromatic carbocycles. The first-order valence-electron chi connectivity index (χ1n) is 8.70. The Labute approximate surface area is 157 Å². The highest BCUT2D eigenvalue weighted by Gasteiger charge is 2.08. The van der Waals surface area contributed by atoms with Gasteiger partial charge < -0.3 is 9.30 Å². The maximum Gasteiger partial charge on any atom is 0.276 e. The first-order valence-corrected chi connectivity index (χ1v) is 8.70. The minimum absolute atomic E-state index is 0.171. The van der Waals surface area contributed by atoms with Gasteiger partial charge in [-0.1, -0.05) is 18.2 Å². The van der Waals surface area contributed by atoms with Gasteiger partial charge in [-0.2, -0.15) is 0 Å². The Kier molecular flexibility index (Phi) is 5.71. The van der Waals surface area contributed by atoms with Gasteiger partial charge in [0.25, 0.3) is 5.91 Å². The Balaban J connectivity index is 1.41. The number of aromatic nitrogens is 2. The fraction of sp³-hybridized carbons (Fsp3) is 0.250. The summed E-state index contributed by atoms with van der Waals surface area (Å²) in [6.45, 7) is 4.23. The summed E-state index contributed by atoms with van der Waals surface area (Å²) in [5.41, 5.74) is 8.74. The van der Waals surface area contributed by atoms with Gasteiger partial charge in [0, 0.05) is 13.0 Å². The Morgan fingerprint density at radius 1 is 1.04 bits per heavy atom. The maximum atomic E-state index is 11.9. The third kappa shape index (κ3) is 5.07. The van der Waals surface area contributed by atoms with Crippen LogP contribution < -0.4 is 15.6 Å². The molecule has 3 rings (SSSR count). The lowest BCUT2D eigenvalue weighted by Crippen LogP contribution is -2.44. The van der Waals surface area contributed by atoms with Crippen LogP contribution in [0.3, 0.4) is 0 Å². The molecule has 1 aromatic heterocycles. The molecule has 1 heterocycles. The zero-order valence-electron chi connectivity index (χ0n) is 15.4. The first kappa shape index (κ1) is 18.4. The molecule has 7 nitrogen and oxygen atoms in total. The van der Waals surface area contributed by atoms with Crippen LogP contribution in [0.5, 0.6) is 5.75 Å². The molecule has 27 heavy (non-hydrogen) atoms. The van der Waals surface area contributed by atoms with E-state index < -0.39 is 5.91 Å². The van der Waals surface area contributed by atoms with Crippen molar-refractivity contribution in [2.45, 2.75) is 26.8 Å². The second-order valence-corrected chi connectivity index (χ2v) is 6.39. The molecule has 140 valence electrons. The van der Waals surface area contributed by atoms with Gasteiger partial charge in [-0.05, 0) is 49.2 Å². The fourth-order valence-corrected chi connectivity index (χ4v) is 2.81. The Hall–Kier alpha value is -3.35. The van der Waals surface area contributed by atoms with Crippen molar-refractivity contribution < 1.29 is 14.3 Å². The highest BCUT2D eigenvalue weighted by Crippen LogP contribution is 2.16. The van der Waals surface area contributed by atoms with E-state index in [1.807, 2.05) is 60.9 Å². The number of imidazole rings is 1. The third-order valence-electron chi connectivity index (χ3n) is 4.01. The van der Waals surface area contributed by atoms with Crippen LogP contribution in [0.15, 0.2) is 48.8 Å². The average Bonchev–Trinajstić information content (AvgIpc) is 3.05. The number of carbonyl (C=O) groups excluding carboxylic acids is 2. The van der Waals surface area contributed by atoms with Gasteiger partial charge in [0.05, 0.1) is 17.4 Å². The lowest BCUT2D eigenvalue weighted by molar-refractivity contribution is -0.130. The summed E-state index contributed by atoms with van der Waals surface area (Å²) >= 11 is 0. The minimum atomic E-state index is -0.421. The molecule has 2 N–H and O–H groups in total. The molecule has 0 aliphatic heterocycles. The van der Waals surface area contributed by atoms with E-state index >= 15 is 0 Å². The molecule has 0 saturated carbocycles. The highest BCUT2D eigenvalue weighted by atomic mass is 16.5. The monoisotopic (exact) mass is 366 g/mol. The number of ether oxygens (including phenoxy) is 1. The second-order valence-electron chi connectivity index (χ2n) is 6.39. The number of para-hydroxylation sites is 2. The number of hydrogen-bond donors (Lipinski definition) is 2. The molecule has 0 atom stereocenters. The van der Waals surface area contributed by atoms with Crippen molar-refractivity contribution in [1.29, 1.82) is 0 Å². The van der Waals surface area contributed by atoms with Gasteiger partial charge in [-0.3, -0.25) is 20.4 Å². The van der Waals surface area contributed by atoms with Gasteiger partial charge in [-0.25, -0.2) is 4.98 Å². The quantitative estimate of drug-likeness (QED) is 0.656. The summed E-state index contributed by atoms with van der Waals surface area (Å²) in [4.78, 5) is 28.1. The molecule has 7 heteroatoms. The van der Waals surface area contributed by atoms with Crippen LogP contribution in [0.1, 0.15) is 17.5 Å². The van der Waals surface area contributed by atoms with Gasteiger partial charge in [-0.15, -0.1) is 0 Å². The molecule has 0 aliphatic rings. The largest absolute Gasteiger partial charge is 0.484 e. The molecule has 2 amide bonds. The number of carbonyl (C=O) groups is 2. The van der Waals surface area contributed by atoms with E-state index in [4.69, 9.17) is 4.74 Å². The standard InChI is InChI=1S/C20H22N4O3/c1-14-9-15(2)11-16(10-14)27-12-20(26)23-22-19(25)7-8-24-13-21-17-5-3-4-6-18(17)24/h3-6,9-11,13H,7-8,12H2,1-2H3,(H,22,25)(H,23,26). The van der Waals surface area contributed by atoms with Crippen LogP contribution in [0.4, 0.5) is 0 Å². The summed E-state index contributed by atoms with van der Waals surface area (Å²) in [6, 6.07) is 13.5. The van der Waals surface area contributed by atoms with Crippen LogP contribution in [-0.2, 0) is 16.1 Å². The summed E-state index contributed by atoms with van der Waals surface area (Å²) in [5.74, 6) is -0.0796. The number of hydrazine groups is 1. The molecule has 0 bridgehead atoms. The SMILES string of the molecule is Cc1cc(C)cc(OCC(=O)NNC(=O)CCn2cnc3ccccc32)c1. The molecule has 0 spiro atoms. The zero-order chi connectivity index (χ0) is 19.2. The normalized spacial score (nSPS) is 10.6. The van der Waals surface area contributed by atoms with E-state index in [2.05, 4.69) is 15.8 Å². The van der Waals surface area contributed by atoms with Crippen LogP contribution in [0, 0.1) is 13.8 Å². The summed E-state index contributed by atoms with van der Waals surface area (Å²) in [7, 11) is 0. The van der Waals surface area contributed by atoms with E-state index in [9.17, 15) is 9.59 Å². The maximum absolute atomic E-state index is 11.9. The Morgan fingerprint density at radius 3 is 2.52 bits per heavy atom. The molecule has 0 unspecified atom stereocenters. The van der Waals surface area contributed by atoms with Crippen molar-refractivity contribution in [3.63, 3.8) is 0 Å². The molecule has 3 aromatic rings. The number of aryl methyl sites for hydroxylation is 3. The fourth-order valence-electron chi connectivity index (χ4n) is 2.81. The predicted octanol–water partition coefficient (Wildman–Crippen LogP) is 2.27. The third-order valence-corrected chi connectivity index (χ3v) is 4.01. The minimum Gasteiger partial charge on any atom is -0.484 e. The number of amides is 2. The number of fused-ring (bicyclic) bond motifs is 1. The van der Waals surface area contributed by atoms with E-state index in [0.717, 1.165) is 22.2 Å². The predicted molar refractivity (Wildman–Crippen MR) is 102 cm³/mol. The van der Waals surface area contributed by atoms with Crippen molar-refractivity contribution in [3.05, 3.63) is 59.9 Å². The number of nitrogens with zero attached hydrogens (tertiary/aromatic N) is 2. The number of benzene rings is 2.